The first-order chi connectivity index (χ1) is 12.1. The van der Waals surface area contributed by atoms with Crippen molar-refractivity contribution >= 4 is 22.2 Å². The van der Waals surface area contributed by atoms with Crippen LogP contribution in [0.5, 0.6) is 0 Å². The molecule has 3 heterocycles. The minimum atomic E-state index is 0.0335. The molecule has 4 nitrogen and oxygen atoms in total. The minimum absolute atomic E-state index is 0.0335. The van der Waals surface area contributed by atoms with E-state index in [0.29, 0.717) is 0 Å². The standard InChI is InChI=1S/C21H21N3O/c1-15-7-8-17(14-22-15)16-9-11-24(12-10-16)20-13-21(25)23(2)19-6-4-3-5-18(19)20/h3-9,13-14H,10-12H2,1-2H3. The molecule has 1 aliphatic heterocycles. The zero-order chi connectivity index (χ0) is 17.4. The Balaban J connectivity index is 1.69. The van der Waals surface area contributed by atoms with Crippen molar-refractivity contribution in [1.29, 1.82) is 0 Å². The van der Waals surface area contributed by atoms with Crippen LogP contribution in [0.4, 0.5) is 5.69 Å². The first kappa shape index (κ1) is 15.6. The summed E-state index contributed by atoms with van der Waals surface area (Å²) in [5.74, 6) is 0. The van der Waals surface area contributed by atoms with Crippen LogP contribution in [0.1, 0.15) is 17.7 Å². The zero-order valence-corrected chi connectivity index (χ0v) is 14.6. The summed E-state index contributed by atoms with van der Waals surface area (Å²) in [5, 5.41) is 1.12. The van der Waals surface area contributed by atoms with Gasteiger partial charge in [-0.1, -0.05) is 30.3 Å². The van der Waals surface area contributed by atoms with Gasteiger partial charge in [0.2, 0.25) is 0 Å². The lowest BCUT2D eigenvalue weighted by atomic mass is 10.00. The molecule has 1 aromatic carbocycles. The number of benzene rings is 1. The Morgan fingerprint density at radius 1 is 1.12 bits per heavy atom. The topological polar surface area (TPSA) is 38.1 Å². The van der Waals surface area contributed by atoms with Crippen LogP contribution in [0, 0.1) is 6.92 Å². The molecule has 1 aliphatic rings. The first-order valence-electron chi connectivity index (χ1n) is 8.59. The van der Waals surface area contributed by atoms with Gasteiger partial charge in [-0.2, -0.15) is 0 Å². The van der Waals surface area contributed by atoms with Gasteiger partial charge in [0.05, 0.1) is 11.2 Å². The highest BCUT2D eigenvalue weighted by Gasteiger charge is 2.17. The highest BCUT2D eigenvalue weighted by molar-refractivity contribution is 5.92. The number of hydrogen-bond donors (Lipinski definition) is 0. The second-order valence-corrected chi connectivity index (χ2v) is 6.56. The number of aryl methyl sites for hydroxylation is 2. The van der Waals surface area contributed by atoms with Gasteiger partial charge in [0, 0.05) is 43.5 Å². The van der Waals surface area contributed by atoms with E-state index in [0.717, 1.165) is 41.8 Å². The summed E-state index contributed by atoms with van der Waals surface area (Å²) >= 11 is 0. The van der Waals surface area contributed by atoms with Gasteiger partial charge in [-0.15, -0.1) is 0 Å². The number of pyridine rings is 2. The van der Waals surface area contributed by atoms with E-state index in [1.165, 1.54) is 11.1 Å². The third kappa shape index (κ3) is 2.84. The molecule has 0 aliphatic carbocycles. The Hall–Kier alpha value is -2.88. The molecule has 25 heavy (non-hydrogen) atoms. The van der Waals surface area contributed by atoms with Crippen molar-refractivity contribution < 1.29 is 0 Å². The quantitative estimate of drug-likeness (QED) is 0.721. The van der Waals surface area contributed by atoms with Crippen LogP contribution in [0.15, 0.2) is 59.5 Å². The summed E-state index contributed by atoms with van der Waals surface area (Å²) in [6, 6.07) is 14.0. The molecule has 4 heteroatoms. The number of nitrogens with zero attached hydrogens (tertiary/aromatic N) is 3. The van der Waals surface area contributed by atoms with Gasteiger partial charge in [-0.25, -0.2) is 0 Å². The maximum atomic E-state index is 12.3. The predicted molar refractivity (Wildman–Crippen MR) is 103 cm³/mol. The summed E-state index contributed by atoms with van der Waals surface area (Å²) in [6.07, 6.45) is 5.15. The van der Waals surface area contributed by atoms with Gasteiger partial charge in [0.15, 0.2) is 0 Å². The SMILES string of the molecule is Cc1ccc(C2=CCN(c3cc(=O)n(C)c4ccccc34)CC2)cn1. The number of aromatic nitrogens is 2. The molecule has 0 radical (unpaired) electrons. The monoisotopic (exact) mass is 331 g/mol. The Kier molecular flexibility index (Phi) is 3.88. The molecular weight excluding hydrogens is 310 g/mol. The number of hydrogen-bond acceptors (Lipinski definition) is 3. The molecule has 0 bridgehead atoms. The molecule has 4 rings (SSSR count). The van der Waals surface area contributed by atoms with Crippen molar-refractivity contribution in [2.75, 3.05) is 18.0 Å². The molecule has 0 atom stereocenters. The third-order valence-electron chi connectivity index (χ3n) is 4.96. The predicted octanol–water partition coefficient (Wildman–Crippen LogP) is 3.54. The summed E-state index contributed by atoms with van der Waals surface area (Å²) in [6.45, 7) is 3.71. The summed E-state index contributed by atoms with van der Waals surface area (Å²) in [4.78, 5) is 19.0. The summed E-state index contributed by atoms with van der Waals surface area (Å²) in [7, 11) is 1.83. The lowest BCUT2D eigenvalue weighted by Crippen LogP contribution is -2.30. The Labute approximate surface area is 147 Å². The second-order valence-electron chi connectivity index (χ2n) is 6.56. The van der Waals surface area contributed by atoms with E-state index in [1.807, 2.05) is 38.4 Å². The minimum Gasteiger partial charge on any atom is -0.367 e. The highest BCUT2D eigenvalue weighted by atomic mass is 16.1. The van der Waals surface area contributed by atoms with Crippen LogP contribution in [0.25, 0.3) is 16.5 Å². The van der Waals surface area contributed by atoms with Gasteiger partial charge in [-0.05, 0) is 36.6 Å². The number of para-hydroxylation sites is 1. The van der Waals surface area contributed by atoms with Crippen molar-refractivity contribution in [2.24, 2.45) is 7.05 Å². The lowest BCUT2D eigenvalue weighted by molar-refractivity contribution is 0.827. The van der Waals surface area contributed by atoms with Crippen molar-refractivity contribution in [3.05, 3.63) is 76.3 Å². The third-order valence-corrected chi connectivity index (χ3v) is 4.96. The van der Waals surface area contributed by atoms with Crippen molar-refractivity contribution in [1.82, 2.24) is 9.55 Å². The molecule has 0 saturated heterocycles. The average molecular weight is 331 g/mol. The summed E-state index contributed by atoms with van der Waals surface area (Å²) in [5.41, 5.74) is 5.59. The smallest absolute Gasteiger partial charge is 0.252 e. The van der Waals surface area contributed by atoms with E-state index in [2.05, 4.69) is 34.2 Å². The van der Waals surface area contributed by atoms with E-state index >= 15 is 0 Å². The highest BCUT2D eigenvalue weighted by Crippen LogP contribution is 2.29. The van der Waals surface area contributed by atoms with E-state index in [9.17, 15) is 4.79 Å². The van der Waals surface area contributed by atoms with E-state index in [-0.39, 0.29) is 5.56 Å². The fourth-order valence-electron chi connectivity index (χ4n) is 3.46. The molecule has 0 amide bonds. The molecule has 0 N–H and O–H groups in total. The largest absolute Gasteiger partial charge is 0.367 e. The van der Waals surface area contributed by atoms with Gasteiger partial charge in [0.25, 0.3) is 5.56 Å². The van der Waals surface area contributed by atoms with E-state index < -0.39 is 0 Å². The first-order valence-corrected chi connectivity index (χ1v) is 8.59. The van der Waals surface area contributed by atoms with Crippen LogP contribution in [0.2, 0.25) is 0 Å². The van der Waals surface area contributed by atoms with Crippen molar-refractivity contribution in [2.45, 2.75) is 13.3 Å². The van der Waals surface area contributed by atoms with Gasteiger partial charge < -0.3 is 9.47 Å². The Bertz CT molecular complexity index is 1020. The van der Waals surface area contributed by atoms with Crippen LogP contribution < -0.4 is 10.5 Å². The molecule has 2 aromatic heterocycles. The molecule has 0 unspecified atom stereocenters. The zero-order valence-electron chi connectivity index (χ0n) is 14.6. The fourth-order valence-corrected chi connectivity index (χ4v) is 3.46. The van der Waals surface area contributed by atoms with Crippen LogP contribution in [0.3, 0.4) is 0 Å². The van der Waals surface area contributed by atoms with Crippen molar-refractivity contribution in [3.63, 3.8) is 0 Å². The van der Waals surface area contributed by atoms with Crippen LogP contribution >= 0.6 is 0 Å². The normalized spacial score (nSPS) is 14.6. The molecule has 0 spiro atoms. The molecule has 126 valence electrons. The van der Waals surface area contributed by atoms with Gasteiger partial charge in [-0.3, -0.25) is 9.78 Å². The Morgan fingerprint density at radius 3 is 2.68 bits per heavy atom. The lowest BCUT2D eigenvalue weighted by Gasteiger charge is -2.29. The van der Waals surface area contributed by atoms with Gasteiger partial charge >= 0.3 is 0 Å². The molecular formula is C21H21N3O. The van der Waals surface area contributed by atoms with E-state index in [1.54, 1.807) is 10.6 Å². The molecule has 0 saturated carbocycles. The molecule has 0 fully saturated rings. The maximum Gasteiger partial charge on any atom is 0.252 e. The van der Waals surface area contributed by atoms with Crippen LogP contribution in [-0.2, 0) is 7.05 Å². The van der Waals surface area contributed by atoms with Crippen molar-refractivity contribution in [3.8, 4) is 0 Å². The maximum absolute atomic E-state index is 12.3. The van der Waals surface area contributed by atoms with Gasteiger partial charge in [0.1, 0.15) is 0 Å². The van der Waals surface area contributed by atoms with E-state index in [4.69, 9.17) is 0 Å². The molecule has 3 aromatic rings. The number of rotatable bonds is 2. The summed E-state index contributed by atoms with van der Waals surface area (Å²) < 4.78 is 1.71. The fraction of sp³-hybridized carbons (Fsp3) is 0.238. The average Bonchev–Trinajstić information content (AvgIpc) is 2.66. The second kappa shape index (κ2) is 6.20. The Morgan fingerprint density at radius 2 is 1.96 bits per heavy atom. The number of anilines is 1. The number of fused-ring (bicyclic) bond motifs is 1. The van der Waals surface area contributed by atoms with Crippen LogP contribution in [-0.4, -0.2) is 22.6 Å².